The lowest BCUT2D eigenvalue weighted by molar-refractivity contribution is -0.138. The van der Waals surface area contributed by atoms with E-state index in [4.69, 9.17) is 22.2 Å². The van der Waals surface area contributed by atoms with Crippen LogP contribution >= 0.6 is 12.2 Å². The fraction of sp³-hybridized carbons (Fsp3) is 0.423. The first kappa shape index (κ1) is 27.9. The van der Waals surface area contributed by atoms with Gasteiger partial charge in [0.2, 0.25) is 0 Å². The molecule has 0 unspecified atom stereocenters. The van der Waals surface area contributed by atoms with Gasteiger partial charge >= 0.3 is 6.18 Å². The molecule has 2 saturated heterocycles. The van der Waals surface area contributed by atoms with Crippen LogP contribution in [0.15, 0.2) is 30.5 Å². The number of ether oxygens (including phenoxy) is 1. The molecule has 2 aromatic rings. The smallest absolute Gasteiger partial charge is 0.379 e. The number of aromatic nitrogens is 1. The van der Waals surface area contributed by atoms with Gasteiger partial charge in [0.25, 0.3) is 11.8 Å². The van der Waals surface area contributed by atoms with Crippen molar-refractivity contribution in [2.75, 3.05) is 49.2 Å². The van der Waals surface area contributed by atoms with E-state index < -0.39 is 40.6 Å². The van der Waals surface area contributed by atoms with Gasteiger partial charge < -0.3 is 15.0 Å². The highest BCUT2D eigenvalue weighted by molar-refractivity contribution is 7.81. The molecule has 3 fully saturated rings. The molecule has 9 nitrogen and oxygen atoms in total. The van der Waals surface area contributed by atoms with Crippen LogP contribution in [0.25, 0.3) is 0 Å². The Morgan fingerprint density at radius 3 is 2.60 bits per heavy atom. The fourth-order valence-electron chi connectivity index (χ4n) is 5.18. The lowest BCUT2D eigenvalue weighted by Crippen LogP contribution is -2.55. The summed E-state index contributed by atoms with van der Waals surface area (Å²) in [5.41, 5.74) is -4.13. The quantitative estimate of drug-likeness (QED) is 0.413. The third kappa shape index (κ3) is 4.78. The van der Waals surface area contributed by atoms with Crippen LogP contribution in [-0.4, -0.2) is 71.7 Å². The number of amides is 2. The molecule has 1 aromatic heterocycles. The molecular formula is C26H24F4N6O3S. The van der Waals surface area contributed by atoms with E-state index in [2.05, 4.69) is 15.2 Å². The van der Waals surface area contributed by atoms with Gasteiger partial charge in [-0.3, -0.25) is 19.4 Å². The van der Waals surface area contributed by atoms with Gasteiger partial charge in [0.05, 0.1) is 41.9 Å². The second-order valence-corrected chi connectivity index (χ2v) is 10.1. The van der Waals surface area contributed by atoms with Crippen LogP contribution < -0.4 is 15.1 Å². The Bertz CT molecular complexity index is 1400. The summed E-state index contributed by atoms with van der Waals surface area (Å²) in [6.45, 7) is 3.53. The first-order valence-electron chi connectivity index (χ1n) is 12.6. The topological polar surface area (TPSA) is 102 Å². The molecule has 0 bridgehead atoms. The van der Waals surface area contributed by atoms with Crippen LogP contribution in [0.1, 0.15) is 40.9 Å². The monoisotopic (exact) mass is 576 g/mol. The van der Waals surface area contributed by atoms with Crippen molar-refractivity contribution in [3.63, 3.8) is 0 Å². The number of carbonyl (C=O) groups is 2. The zero-order chi connectivity index (χ0) is 28.7. The van der Waals surface area contributed by atoms with E-state index in [-0.39, 0.29) is 41.4 Å². The minimum Gasteiger partial charge on any atom is -0.379 e. The van der Waals surface area contributed by atoms with E-state index in [9.17, 15) is 22.8 Å². The molecule has 40 heavy (non-hydrogen) atoms. The molecule has 1 spiro atoms. The maximum atomic E-state index is 15.9. The summed E-state index contributed by atoms with van der Waals surface area (Å²) in [7, 11) is 0. The van der Waals surface area contributed by atoms with Crippen molar-refractivity contribution < 1.29 is 31.9 Å². The maximum Gasteiger partial charge on any atom is 0.419 e. The fourth-order valence-corrected chi connectivity index (χ4v) is 5.64. The van der Waals surface area contributed by atoms with Crippen molar-refractivity contribution in [2.45, 2.75) is 31.0 Å². The molecule has 1 N–H and O–H groups in total. The maximum absolute atomic E-state index is 15.9. The molecule has 14 heteroatoms. The zero-order valence-corrected chi connectivity index (χ0v) is 21.9. The third-order valence-corrected chi connectivity index (χ3v) is 7.78. The summed E-state index contributed by atoms with van der Waals surface area (Å²) >= 11 is 5.54. The summed E-state index contributed by atoms with van der Waals surface area (Å²) in [6, 6.07) is 6.19. The number of carbonyl (C=O) groups excluding carboxylic acids is 2. The second kappa shape index (κ2) is 10.7. The van der Waals surface area contributed by atoms with Crippen LogP contribution in [0.3, 0.4) is 0 Å². The normalized spacial score (nSPS) is 19.1. The number of hydrogen-bond donors (Lipinski definition) is 1. The number of hydrogen-bond acceptors (Lipinski definition) is 7. The van der Waals surface area contributed by atoms with Crippen molar-refractivity contribution in [1.82, 2.24) is 15.2 Å². The van der Waals surface area contributed by atoms with Crippen LogP contribution in [-0.2, 0) is 15.7 Å². The highest BCUT2D eigenvalue weighted by Crippen LogP contribution is 2.49. The predicted molar refractivity (Wildman–Crippen MR) is 139 cm³/mol. The van der Waals surface area contributed by atoms with Gasteiger partial charge in [-0.25, -0.2) is 9.37 Å². The molecule has 2 aliphatic heterocycles. The number of benzene rings is 1. The molecule has 3 heterocycles. The Hall–Kier alpha value is -3.67. The van der Waals surface area contributed by atoms with E-state index in [1.807, 2.05) is 0 Å². The number of pyridine rings is 1. The Morgan fingerprint density at radius 2 is 1.98 bits per heavy atom. The average Bonchev–Trinajstić information content (AvgIpc) is 3.15. The predicted octanol–water partition coefficient (Wildman–Crippen LogP) is 3.23. The van der Waals surface area contributed by atoms with E-state index in [0.717, 1.165) is 24.2 Å². The molecule has 0 atom stereocenters. The van der Waals surface area contributed by atoms with E-state index in [0.29, 0.717) is 32.2 Å². The minimum atomic E-state index is -4.90. The molecule has 1 aliphatic carbocycles. The Balaban J connectivity index is 1.44. The Morgan fingerprint density at radius 1 is 1.25 bits per heavy atom. The second-order valence-electron chi connectivity index (χ2n) is 9.69. The summed E-state index contributed by atoms with van der Waals surface area (Å²) in [4.78, 5) is 34.4. The number of nitrogens with one attached hydrogen (secondary N) is 1. The van der Waals surface area contributed by atoms with E-state index >= 15 is 4.39 Å². The van der Waals surface area contributed by atoms with Gasteiger partial charge in [-0.1, -0.05) is 6.07 Å². The summed E-state index contributed by atoms with van der Waals surface area (Å²) < 4.78 is 62.0. The largest absolute Gasteiger partial charge is 0.419 e. The zero-order valence-electron chi connectivity index (χ0n) is 21.1. The van der Waals surface area contributed by atoms with Gasteiger partial charge in [-0.05, 0) is 49.7 Å². The first-order chi connectivity index (χ1) is 19.1. The molecule has 3 aliphatic rings. The highest BCUT2D eigenvalue weighted by atomic mass is 32.1. The van der Waals surface area contributed by atoms with Gasteiger partial charge in [-0.2, -0.15) is 18.4 Å². The minimum absolute atomic E-state index is 0.126. The lowest BCUT2D eigenvalue weighted by atomic mass is 9.75. The van der Waals surface area contributed by atoms with Crippen molar-refractivity contribution in [3.05, 3.63) is 53.1 Å². The lowest BCUT2D eigenvalue weighted by Gasteiger charge is -2.43. The molecule has 210 valence electrons. The molecular weight excluding hydrogens is 552 g/mol. The number of anilines is 2. The summed E-state index contributed by atoms with van der Waals surface area (Å²) in [5.74, 6) is -2.17. The number of halogens is 4. The SMILES string of the molecule is N#Cc1ncc(N2C(=O)C3(CCC3)N(c3cccc(C(=O)NCCN4CCOCC4)c3F)C2=S)cc1C(F)(F)F. The number of thiocarbonyl (C=S) groups is 1. The highest BCUT2D eigenvalue weighted by Gasteiger charge is 2.60. The molecule has 2 amide bonds. The number of rotatable bonds is 6. The van der Waals surface area contributed by atoms with E-state index in [1.54, 1.807) is 0 Å². The molecule has 1 aromatic carbocycles. The van der Waals surface area contributed by atoms with Crippen molar-refractivity contribution in [1.29, 1.82) is 5.26 Å². The average molecular weight is 577 g/mol. The third-order valence-electron chi connectivity index (χ3n) is 7.42. The van der Waals surface area contributed by atoms with Crippen LogP contribution in [0.5, 0.6) is 0 Å². The molecule has 5 rings (SSSR count). The number of morpholine rings is 1. The Labute approximate surface area is 232 Å². The molecule has 1 saturated carbocycles. The van der Waals surface area contributed by atoms with Crippen molar-refractivity contribution in [2.24, 2.45) is 0 Å². The van der Waals surface area contributed by atoms with Crippen LogP contribution in [0, 0.1) is 17.1 Å². The molecule has 0 radical (unpaired) electrons. The standard InChI is InChI=1S/C26H24F4N6O3S/c27-21-17(22(37)32-7-8-34-9-11-39-12-10-34)3-1-4-20(21)36-24(40)35(23(38)25(36)5-2-6-25)16-13-18(26(28,29)30)19(14-31)33-15-16/h1,3-4,13,15H,2,5-12H2,(H,32,37). The van der Waals surface area contributed by atoms with Crippen LogP contribution in [0.4, 0.5) is 28.9 Å². The first-order valence-corrected chi connectivity index (χ1v) is 13.0. The van der Waals surface area contributed by atoms with Gasteiger partial charge in [0.1, 0.15) is 11.6 Å². The summed E-state index contributed by atoms with van der Waals surface area (Å²) in [5, 5.41) is 11.5. The number of alkyl halides is 3. The number of nitrogens with zero attached hydrogens (tertiary/aromatic N) is 5. The van der Waals surface area contributed by atoms with Gasteiger partial charge in [0.15, 0.2) is 16.6 Å². The Kier molecular flexibility index (Phi) is 7.47. The van der Waals surface area contributed by atoms with Crippen LogP contribution in [0.2, 0.25) is 0 Å². The number of nitriles is 1. The summed E-state index contributed by atoms with van der Waals surface area (Å²) in [6.07, 6.45) is -2.76. The van der Waals surface area contributed by atoms with Crippen molar-refractivity contribution in [3.8, 4) is 6.07 Å². The van der Waals surface area contributed by atoms with E-state index in [1.165, 1.54) is 29.2 Å². The van der Waals surface area contributed by atoms with Crippen molar-refractivity contribution >= 4 is 40.5 Å². The van der Waals surface area contributed by atoms with Gasteiger partial charge in [0, 0.05) is 26.2 Å². The van der Waals surface area contributed by atoms with Gasteiger partial charge in [-0.15, -0.1) is 0 Å².